The van der Waals surface area contributed by atoms with E-state index >= 15 is 0 Å². The first-order valence-corrected chi connectivity index (χ1v) is 13.1. The van der Waals surface area contributed by atoms with E-state index in [0.29, 0.717) is 18.7 Å². The van der Waals surface area contributed by atoms with Crippen molar-refractivity contribution in [2.24, 2.45) is 29.6 Å². The molecule has 8 heteroatoms. The molecule has 8 nitrogen and oxygen atoms in total. The fourth-order valence-corrected chi connectivity index (χ4v) is 7.23. The van der Waals surface area contributed by atoms with Crippen molar-refractivity contribution in [3.63, 3.8) is 0 Å². The number of aromatic nitrogens is 1. The van der Waals surface area contributed by atoms with E-state index in [1.165, 1.54) is 0 Å². The number of H-pyrrole nitrogens is 1. The second-order valence-electron chi connectivity index (χ2n) is 11.1. The Hall–Kier alpha value is -1.97. The van der Waals surface area contributed by atoms with Crippen LogP contribution in [0.2, 0.25) is 0 Å². The van der Waals surface area contributed by atoms with Crippen LogP contribution in [-0.4, -0.2) is 77.1 Å². The zero-order valence-electron chi connectivity index (χ0n) is 21.7. The van der Waals surface area contributed by atoms with Gasteiger partial charge in [-0.15, -0.1) is 0 Å². The van der Waals surface area contributed by atoms with Crippen LogP contribution < -0.4 is 0 Å². The van der Waals surface area contributed by atoms with Crippen LogP contribution >= 0.6 is 0 Å². The third kappa shape index (κ3) is 3.98. The van der Waals surface area contributed by atoms with Gasteiger partial charge in [-0.1, -0.05) is 32.1 Å². The van der Waals surface area contributed by atoms with Gasteiger partial charge < -0.3 is 34.1 Å². The highest BCUT2D eigenvalue weighted by Gasteiger charge is 2.68. The lowest BCUT2D eigenvalue weighted by molar-refractivity contribution is -0.117. The minimum Gasteiger partial charge on any atom is -0.455 e. The molecular weight excluding hydrogens is 462 g/mol. The Morgan fingerprint density at radius 3 is 2.75 bits per heavy atom. The summed E-state index contributed by atoms with van der Waals surface area (Å²) in [6.07, 6.45) is 5.85. The van der Waals surface area contributed by atoms with Crippen LogP contribution in [0.25, 0.3) is 0 Å². The van der Waals surface area contributed by atoms with E-state index in [-0.39, 0.29) is 47.9 Å². The molecule has 36 heavy (non-hydrogen) atoms. The van der Waals surface area contributed by atoms with E-state index < -0.39 is 29.9 Å². The largest absolute Gasteiger partial charge is 0.455 e. The van der Waals surface area contributed by atoms with Crippen LogP contribution in [0.1, 0.15) is 44.6 Å². The Kier molecular flexibility index (Phi) is 6.93. The number of carbonyl (C=O) groups is 1. The molecule has 1 aromatic heterocycles. The van der Waals surface area contributed by atoms with Crippen LogP contribution in [0.15, 0.2) is 42.1 Å². The molecule has 1 aromatic rings. The summed E-state index contributed by atoms with van der Waals surface area (Å²) >= 11 is 0. The topological polar surface area (TPSA) is 110 Å². The summed E-state index contributed by atoms with van der Waals surface area (Å²) in [5, 5.41) is 22.1. The number of esters is 1. The lowest BCUT2D eigenvalue weighted by Gasteiger charge is -2.49. The van der Waals surface area contributed by atoms with E-state index in [4.69, 9.17) is 18.9 Å². The summed E-state index contributed by atoms with van der Waals surface area (Å²) in [5.74, 6) is -1.15. The Morgan fingerprint density at radius 1 is 1.31 bits per heavy atom. The van der Waals surface area contributed by atoms with E-state index in [9.17, 15) is 15.0 Å². The van der Waals surface area contributed by atoms with Crippen molar-refractivity contribution in [3.05, 3.63) is 47.8 Å². The molecule has 5 rings (SSSR count). The van der Waals surface area contributed by atoms with Gasteiger partial charge in [-0.2, -0.15) is 0 Å². The van der Waals surface area contributed by atoms with Crippen molar-refractivity contribution < 1.29 is 34.0 Å². The number of nitrogens with one attached hydrogen (secondary N) is 1. The van der Waals surface area contributed by atoms with Gasteiger partial charge in [0.05, 0.1) is 31.0 Å². The predicted molar refractivity (Wildman–Crippen MR) is 132 cm³/mol. The number of rotatable bonds is 4. The number of aromatic amines is 1. The molecule has 1 saturated heterocycles. The quantitative estimate of drug-likeness (QED) is 0.430. The summed E-state index contributed by atoms with van der Waals surface area (Å²) in [4.78, 5) is 15.8. The van der Waals surface area contributed by atoms with Gasteiger partial charge in [0.15, 0.2) is 0 Å². The highest BCUT2D eigenvalue weighted by Crippen LogP contribution is 2.61. The van der Waals surface area contributed by atoms with E-state index in [2.05, 4.69) is 30.1 Å². The molecule has 0 unspecified atom stereocenters. The van der Waals surface area contributed by atoms with Gasteiger partial charge in [0.25, 0.3) is 0 Å². The molecule has 4 aliphatic rings. The zero-order valence-corrected chi connectivity index (χ0v) is 21.7. The average Bonchev–Trinajstić information content (AvgIpc) is 3.44. The molecule has 2 aliphatic carbocycles. The number of aliphatic hydroxyl groups excluding tert-OH is 2. The molecule has 1 spiro atoms. The Labute approximate surface area is 212 Å². The fraction of sp³-hybridized carbons (Fsp3) is 0.679. The van der Waals surface area contributed by atoms with E-state index in [1.54, 1.807) is 32.4 Å². The number of aliphatic hydroxyl groups is 2. The van der Waals surface area contributed by atoms with Crippen molar-refractivity contribution in [1.29, 1.82) is 0 Å². The molecule has 3 heterocycles. The summed E-state index contributed by atoms with van der Waals surface area (Å²) in [5.41, 5.74) is 0.620. The maximum Gasteiger partial charge on any atom is 0.355 e. The highest BCUT2D eigenvalue weighted by atomic mass is 16.6. The van der Waals surface area contributed by atoms with Crippen LogP contribution in [-0.2, 0) is 18.9 Å². The first-order chi connectivity index (χ1) is 17.2. The number of carbonyl (C=O) groups excluding carboxylic acids is 1. The first kappa shape index (κ1) is 25.7. The minimum absolute atomic E-state index is 0.0523. The van der Waals surface area contributed by atoms with Gasteiger partial charge in [-0.3, -0.25) is 0 Å². The Bertz CT molecular complexity index is 1000. The van der Waals surface area contributed by atoms with E-state index in [0.717, 1.165) is 5.57 Å². The molecule has 2 aliphatic heterocycles. The van der Waals surface area contributed by atoms with Crippen LogP contribution in [0, 0.1) is 29.6 Å². The predicted octanol–water partition coefficient (Wildman–Crippen LogP) is 2.87. The maximum atomic E-state index is 12.9. The molecule has 198 valence electrons. The smallest absolute Gasteiger partial charge is 0.355 e. The molecule has 0 aromatic carbocycles. The van der Waals surface area contributed by atoms with E-state index in [1.807, 2.05) is 13.8 Å². The Morgan fingerprint density at radius 2 is 2.08 bits per heavy atom. The molecule has 4 bridgehead atoms. The number of hydrogen-bond donors (Lipinski definition) is 3. The second kappa shape index (κ2) is 9.72. The third-order valence-electron chi connectivity index (χ3n) is 8.99. The number of ether oxygens (including phenoxy) is 4. The van der Waals surface area contributed by atoms with Crippen molar-refractivity contribution in [1.82, 2.24) is 4.98 Å². The first-order valence-electron chi connectivity index (χ1n) is 13.1. The molecule has 12 atom stereocenters. The van der Waals surface area contributed by atoms with Crippen molar-refractivity contribution in [3.8, 4) is 0 Å². The molecule has 1 saturated carbocycles. The summed E-state index contributed by atoms with van der Waals surface area (Å²) < 4.78 is 24.9. The molecule has 0 amide bonds. The lowest BCUT2D eigenvalue weighted by Crippen LogP contribution is -2.57. The SMILES string of the molecule is CO[C@@H]1CO[C@@H]([C@@H](C)O)[C@H](C)/C=C(/C)[C@]23O[C@H]4[C@H](C=C[C@@H]2C1)[C@H]3[C@H](O)[C@@H](C)[C@H]4OC(=O)c1ccc[nH]1. The highest BCUT2D eigenvalue weighted by molar-refractivity contribution is 5.87. The summed E-state index contributed by atoms with van der Waals surface area (Å²) in [6.45, 7) is 8.13. The number of methoxy groups -OCH3 is 1. The molecule has 2 fully saturated rings. The van der Waals surface area contributed by atoms with Crippen molar-refractivity contribution >= 4 is 5.97 Å². The van der Waals surface area contributed by atoms with Gasteiger partial charge in [0, 0.05) is 42.9 Å². The van der Waals surface area contributed by atoms with Gasteiger partial charge in [0.1, 0.15) is 23.5 Å². The average molecular weight is 502 g/mol. The normalized spacial score (nSPS) is 46.4. The minimum atomic E-state index is -0.767. The van der Waals surface area contributed by atoms with Crippen LogP contribution in [0.3, 0.4) is 0 Å². The molecular formula is C28H39NO7. The summed E-state index contributed by atoms with van der Waals surface area (Å²) in [6, 6.07) is 3.43. The molecule has 0 radical (unpaired) electrons. The molecule has 3 N–H and O–H groups in total. The second-order valence-corrected chi connectivity index (χ2v) is 11.1. The fourth-order valence-electron chi connectivity index (χ4n) is 7.23. The Balaban J connectivity index is 1.55. The lowest BCUT2D eigenvalue weighted by atomic mass is 9.57. The van der Waals surface area contributed by atoms with Crippen LogP contribution in [0.4, 0.5) is 0 Å². The van der Waals surface area contributed by atoms with Crippen molar-refractivity contribution in [2.45, 2.75) is 76.3 Å². The monoisotopic (exact) mass is 501 g/mol. The standard InChI is InChI=1S/C28H39NO7/c1-14-11-15(2)28-18(12-19(33-5)13-34-24(14)17(4)30)8-9-20-22(28)23(31)16(3)25(26(20)36-28)35-27(32)21-7-6-10-29-21/h6-11,14,16-20,22-26,29-31H,12-13H2,1-5H3/b15-11-/t14-,16-,17-,18-,19+,20-,22+,23-,24-,25-,26+,28+/m1/s1. The number of hydrogen-bond acceptors (Lipinski definition) is 7. The summed E-state index contributed by atoms with van der Waals surface area (Å²) in [7, 11) is 1.67. The van der Waals surface area contributed by atoms with Crippen LogP contribution in [0.5, 0.6) is 0 Å². The van der Waals surface area contributed by atoms with Gasteiger partial charge in [0.2, 0.25) is 0 Å². The van der Waals surface area contributed by atoms with Crippen molar-refractivity contribution in [2.75, 3.05) is 13.7 Å². The third-order valence-corrected chi connectivity index (χ3v) is 8.99. The van der Waals surface area contributed by atoms with Gasteiger partial charge >= 0.3 is 5.97 Å². The van der Waals surface area contributed by atoms with Gasteiger partial charge in [-0.05, 0) is 38.0 Å². The zero-order chi connectivity index (χ0) is 25.8. The van der Waals surface area contributed by atoms with Gasteiger partial charge in [-0.25, -0.2) is 4.79 Å². The maximum absolute atomic E-state index is 12.9.